The van der Waals surface area contributed by atoms with Crippen molar-refractivity contribution in [3.63, 3.8) is 0 Å². The van der Waals surface area contributed by atoms with Gasteiger partial charge in [0.15, 0.2) is 5.96 Å². The van der Waals surface area contributed by atoms with Gasteiger partial charge in [-0.25, -0.2) is 0 Å². The van der Waals surface area contributed by atoms with E-state index in [1.54, 1.807) is 0 Å². The van der Waals surface area contributed by atoms with Gasteiger partial charge in [-0.2, -0.15) is 0 Å². The van der Waals surface area contributed by atoms with Crippen LogP contribution in [0, 0.1) is 5.92 Å². The minimum Gasteiger partial charge on any atom is -0.344 e. The van der Waals surface area contributed by atoms with Crippen LogP contribution in [0.4, 0.5) is 0 Å². The Balaban J connectivity index is 2.01. The molecule has 1 unspecified atom stereocenters. The summed E-state index contributed by atoms with van der Waals surface area (Å²) in [5.41, 5.74) is 0. The van der Waals surface area contributed by atoms with Crippen LogP contribution in [-0.4, -0.2) is 24.5 Å². The van der Waals surface area contributed by atoms with Crippen molar-refractivity contribution in [2.45, 2.75) is 25.8 Å². The Morgan fingerprint density at radius 1 is 1.58 bits per heavy atom. The molecule has 1 atom stereocenters. The molecule has 1 saturated heterocycles. The normalized spacial score (nSPS) is 31.9. The molecule has 0 spiro atoms. The Hall–Kier alpha value is -1.06. The molecule has 1 amide bonds. The van der Waals surface area contributed by atoms with Crippen molar-refractivity contribution in [1.82, 2.24) is 10.6 Å². The standard InChI is InChI=1S/C8H13N3O/c1-2-9-8-10-6(5-3-4-5)7(12)11-8/h5-6H,2-4H2,1H3,(H2,9,10,11,12). The first-order valence-corrected chi connectivity index (χ1v) is 4.43. The second-order valence-corrected chi connectivity index (χ2v) is 3.27. The summed E-state index contributed by atoms with van der Waals surface area (Å²) < 4.78 is 0. The van der Waals surface area contributed by atoms with E-state index in [0.717, 1.165) is 0 Å². The van der Waals surface area contributed by atoms with E-state index in [1.165, 1.54) is 12.8 Å². The highest BCUT2D eigenvalue weighted by atomic mass is 16.2. The maximum absolute atomic E-state index is 11.3. The van der Waals surface area contributed by atoms with Crippen molar-refractivity contribution >= 4 is 11.9 Å². The first kappa shape index (κ1) is 7.58. The second kappa shape index (κ2) is 2.77. The van der Waals surface area contributed by atoms with Crippen molar-refractivity contribution < 1.29 is 4.79 Å². The number of carbonyl (C=O) groups excluding carboxylic acids is 1. The van der Waals surface area contributed by atoms with Crippen LogP contribution in [0.3, 0.4) is 0 Å². The Bertz CT molecular complexity index is 232. The summed E-state index contributed by atoms with van der Waals surface area (Å²) in [6.45, 7) is 2.66. The Morgan fingerprint density at radius 2 is 2.33 bits per heavy atom. The smallest absolute Gasteiger partial charge is 0.249 e. The predicted molar refractivity (Wildman–Crippen MR) is 45.8 cm³/mol. The molecule has 1 saturated carbocycles. The van der Waals surface area contributed by atoms with E-state index in [9.17, 15) is 4.79 Å². The van der Waals surface area contributed by atoms with Crippen LogP contribution in [0.25, 0.3) is 0 Å². The third-order valence-electron chi connectivity index (χ3n) is 2.23. The van der Waals surface area contributed by atoms with Crippen LogP contribution in [0.15, 0.2) is 4.99 Å². The van der Waals surface area contributed by atoms with E-state index >= 15 is 0 Å². The van der Waals surface area contributed by atoms with Gasteiger partial charge in [-0.3, -0.25) is 15.1 Å². The summed E-state index contributed by atoms with van der Waals surface area (Å²) in [7, 11) is 0. The molecule has 1 aliphatic heterocycles. The fourth-order valence-corrected chi connectivity index (χ4v) is 1.45. The largest absolute Gasteiger partial charge is 0.344 e. The highest BCUT2D eigenvalue weighted by molar-refractivity contribution is 6.06. The highest BCUT2D eigenvalue weighted by Crippen LogP contribution is 2.33. The SMILES string of the molecule is CCN=C1NC(=O)C(C2CC2)N1. The molecule has 0 bridgehead atoms. The van der Waals surface area contributed by atoms with Crippen molar-refractivity contribution in [3.05, 3.63) is 0 Å². The lowest BCUT2D eigenvalue weighted by Gasteiger charge is -2.03. The summed E-state index contributed by atoms with van der Waals surface area (Å²) in [5, 5.41) is 5.82. The summed E-state index contributed by atoms with van der Waals surface area (Å²) in [6.07, 6.45) is 2.34. The number of nitrogens with zero attached hydrogens (tertiary/aromatic N) is 1. The first-order valence-electron chi connectivity index (χ1n) is 4.43. The Kier molecular flexibility index (Phi) is 1.75. The maximum Gasteiger partial charge on any atom is 0.249 e. The maximum atomic E-state index is 11.3. The second-order valence-electron chi connectivity index (χ2n) is 3.27. The van der Waals surface area contributed by atoms with E-state index < -0.39 is 0 Å². The lowest BCUT2D eigenvalue weighted by molar-refractivity contribution is -0.120. The van der Waals surface area contributed by atoms with Gasteiger partial charge in [0.1, 0.15) is 6.04 Å². The van der Waals surface area contributed by atoms with Crippen LogP contribution in [0.5, 0.6) is 0 Å². The fourth-order valence-electron chi connectivity index (χ4n) is 1.45. The van der Waals surface area contributed by atoms with Gasteiger partial charge in [0, 0.05) is 6.54 Å². The van der Waals surface area contributed by atoms with Gasteiger partial charge < -0.3 is 5.32 Å². The lowest BCUT2D eigenvalue weighted by atomic mass is 10.2. The van der Waals surface area contributed by atoms with Gasteiger partial charge in [-0.05, 0) is 25.7 Å². The molecule has 12 heavy (non-hydrogen) atoms. The highest BCUT2D eigenvalue weighted by Gasteiger charge is 2.40. The van der Waals surface area contributed by atoms with E-state index in [-0.39, 0.29) is 11.9 Å². The van der Waals surface area contributed by atoms with E-state index in [1.807, 2.05) is 6.92 Å². The fraction of sp³-hybridized carbons (Fsp3) is 0.750. The number of hydrogen-bond donors (Lipinski definition) is 2. The van der Waals surface area contributed by atoms with Crippen LogP contribution in [0.1, 0.15) is 19.8 Å². The first-order chi connectivity index (χ1) is 5.81. The topological polar surface area (TPSA) is 53.5 Å². The van der Waals surface area contributed by atoms with Gasteiger partial charge in [-0.15, -0.1) is 0 Å². The number of nitrogens with one attached hydrogen (secondary N) is 2. The molecular weight excluding hydrogens is 154 g/mol. The minimum absolute atomic E-state index is 0.00435. The Morgan fingerprint density at radius 3 is 2.92 bits per heavy atom. The molecule has 2 aliphatic rings. The average molecular weight is 167 g/mol. The zero-order valence-corrected chi connectivity index (χ0v) is 7.13. The summed E-state index contributed by atoms with van der Waals surface area (Å²) >= 11 is 0. The lowest BCUT2D eigenvalue weighted by Crippen LogP contribution is -2.31. The number of hydrogen-bond acceptors (Lipinski definition) is 2. The molecule has 1 heterocycles. The molecule has 0 aromatic carbocycles. The third kappa shape index (κ3) is 1.29. The summed E-state index contributed by atoms with van der Waals surface area (Å²) in [4.78, 5) is 15.4. The van der Waals surface area contributed by atoms with Crippen LogP contribution < -0.4 is 10.6 Å². The third-order valence-corrected chi connectivity index (χ3v) is 2.23. The van der Waals surface area contributed by atoms with E-state index in [4.69, 9.17) is 0 Å². The van der Waals surface area contributed by atoms with E-state index in [0.29, 0.717) is 18.4 Å². The minimum atomic E-state index is -0.00435. The summed E-state index contributed by atoms with van der Waals surface area (Å²) in [5.74, 6) is 1.29. The zero-order chi connectivity index (χ0) is 8.55. The van der Waals surface area contributed by atoms with Crippen molar-refractivity contribution in [2.24, 2.45) is 10.9 Å². The number of rotatable bonds is 2. The number of guanidine groups is 1. The molecule has 2 fully saturated rings. The molecule has 0 aromatic rings. The van der Waals surface area contributed by atoms with Crippen molar-refractivity contribution in [1.29, 1.82) is 0 Å². The van der Waals surface area contributed by atoms with Gasteiger partial charge in [0.25, 0.3) is 0 Å². The monoisotopic (exact) mass is 167 g/mol. The van der Waals surface area contributed by atoms with Gasteiger partial charge in [-0.1, -0.05) is 0 Å². The number of carbonyl (C=O) groups is 1. The zero-order valence-electron chi connectivity index (χ0n) is 7.13. The van der Waals surface area contributed by atoms with E-state index in [2.05, 4.69) is 15.6 Å². The molecular formula is C8H13N3O. The molecule has 66 valence electrons. The number of amides is 1. The Labute approximate surface area is 71.4 Å². The number of aliphatic imine (C=N–C) groups is 1. The van der Waals surface area contributed by atoms with Crippen molar-refractivity contribution in [2.75, 3.05) is 6.54 Å². The molecule has 1 aliphatic carbocycles. The van der Waals surface area contributed by atoms with Crippen LogP contribution >= 0.6 is 0 Å². The molecule has 0 radical (unpaired) electrons. The van der Waals surface area contributed by atoms with Gasteiger partial charge in [0.05, 0.1) is 0 Å². The molecule has 2 N–H and O–H groups in total. The van der Waals surface area contributed by atoms with Gasteiger partial charge in [0.2, 0.25) is 5.91 Å². The quantitative estimate of drug-likeness (QED) is 0.601. The van der Waals surface area contributed by atoms with Crippen LogP contribution in [-0.2, 0) is 4.79 Å². The molecule has 0 aromatic heterocycles. The molecule has 2 rings (SSSR count). The molecule has 4 nitrogen and oxygen atoms in total. The molecule has 4 heteroatoms. The summed E-state index contributed by atoms with van der Waals surface area (Å²) in [6, 6.07) is -0.00435. The predicted octanol–water partition coefficient (Wildman–Crippen LogP) is -0.140. The van der Waals surface area contributed by atoms with Crippen LogP contribution in [0.2, 0.25) is 0 Å². The van der Waals surface area contributed by atoms with Crippen molar-refractivity contribution in [3.8, 4) is 0 Å². The van der Waals surface area contributed by atoms with Gasteiger partial charge >= 0.3 is 0 Å². The average Bonchev–Trinajstić information content (AvgIpc) is 2.79.